The number of para-hydroxylation sites is 1. The van der Waals surface area contributed by atoms with Crippen LogP contribution in [0.25, 0.3) is 0 Å². The Morgan fingerprint density at radius 3 is 2.02 bits per heavy atom. The van der Waals surface area contributed by atoms with Crippen LogP contribution >= 0.6 is 0 Å². The van der Waals surface area contributed by atoms with Gasteiger partial charge in [-0.1, -0.05) is 54.1 Å². The summed E-state index contributed by atoms with van der Waals surface area (Å²) in [6.07, 6.45) is 0. The Hall–Kier alpha value is -4.70. The topological polar surface area (TPSA) is 96.0 Å². The van der Waals surface area contributed by atoms with Crippen molar-refractivity contribution in [3.63, 3.8) is 0 Å². The van der Waals surface area contributed by atoms with Crippen molar-refractivity contribution in [2.24, 2.45) is 0 Å². The zero-order chi connectivity index (χ0) is 31.9. The molecule has 4 aromatic carbocycles. The van der Waals surface area contributed by atoms with Crippen molar-refractivity contribution in [2.75, 3.05) is 10.8 Å². The molecule has 1 N–H and O–H groups in total. The van der Waals surface area contributed by atoms with Crippen LogP contribution in [0.3, 0.4) is 0 Å². The molecule has 230 valence electrons. The number of ether oxygens (including phenoxy) is 1. The van der Waals surface area contributed by atoms with Crippen LogP contribution in [0.5, 0.6) is 11.5 Å². The van der Waals surface area contributed by atoms with Crippen molar-refractivity contribution in [3.05, 3.63) is 120 Å². The predicted molar refractivity (Wildman–Crippen MR) is 168 cm³/mol. The summed E-state index contributed by atoms with van der Waals surface area (Å²) in [4.78, 5) is 28.2. The second kappa shape index (κ2) is 14.2. The lowest BCUT2D eigenvalue weighted by atomic mass is 10.1. The van der Waals surface area contributed by atoms with E-state index in [9.17, 15) is 22.4 Å². The summed E-state index contributed by atoms with van der Waals surface area (Å²) in [7, 11) is -4.25. The normalized spacial score (nSPS) is 12.0. The lowest BCUT2D eigenvalue weighted by molar-refractivity contribution is -0.139. The largest absolute Gasteiger partial charge is 0.457 e. The number of nitrogens with zero attached hydrogens (tertiary/aromatic N) is 2. The molecule has 4 rings (SSSR count). The molecule has 0 radical (unpaired) electrons. The molecule has 0 aliphatic heterocycles. The number of hydrogen-bond donors (Lipinski definition) is 1. The van der Waals surface area contributed by atoms with Gasteiger partial charge >= 0.3 is 0 Å². The van der Waals surface area contributed by atoms with E-state index in [2.05, 4.69) is 5.32 Å². The minimum absolute atomic E-state index is 0.00762. The van der Waals surface area contributed by atoms with E-state index in [1.165, 1.54) is 42.2 Å². The number of hydrogen-bond acceptors (Lipinski definition) is 5. The molecule has 4 aromatic rings. The molecule has 0 unspecified atom stereocenters. The maximum Gasteiger partial charge on any atom is 0.264 e. The molecule has 0 bridgehead atoms. The maximum absolute atomic E-state index is 14.7. The summed E-state index contributed by atoms with van der Waals surface area (Å²) >= 11 is 0. The third-order valence-corrected chi connectivity index (χ3v) is 8.68. The van der Waals surface area contributed by atoms with Crippen molar-refractivity contribution < 1.29 is 27.1 Å². The van der Waals surface area contributed by atoms with Gasteiger partial charge in [0.25, 0.3) is 10.0 Å². The zero-order valence-corrected chi connectivity index (χ0v) is 25.9. The number of carbonyl (C=O) groups excluding carboxylic acids is 2. The van der Waals surface area contributed by atoms with E-state index in [1.54, 1.807) is 68.4 Å². The average Bonchev–Trinajstić information content (AvgIpc) is 3.00. The summed E-state index contributed by atoms with van der Waals surface area (Å²) in [5.41, 5.74) is 1.28. The number of aryl methyl sites for hydroxylation is 1. The maximum atomic E-state index is 14.7. The fourth-order valence-corrected chi connectivity index (χ4v) is 5.88. The van der Waals surface area contributed by atoms with Gasteiger partial charge in [0.15, 0.2) is 0 Å². The molecular formula is C34H36FN3O5S. The second-order valence-electron chi connectivity index (χ2n) is 10.7. The van der Waals surface area contributed by atoms with Gasteiger partial charge in [0.2, 0.25) is 11.8 Å². The van der Waals surface area contributed by atoms with Gasteiger partial charge in [0, 0.05) is 18.2 Å². The predicted octanol–water partition coefficient (Wildman–Crippen LogP) is 6.06. The molecule has 0 aliphatic rings. The third-order valence-electron chi connectivity index (χ3n) is 6.89. The highest BCUT2D eigenvalue weighted by Gasteiger charge is 2.33. The molecule has 1 atom stereocenters. The smallest absolute Gasteiger partial charge is 0.264 e. The van der Waals surface area contributed by atoms with E-state index < -0.39 is 40.2 Å². The summed E-state index contributed by atoms with van der Waals surface area (Å²) < 4.78 is 49.6. The second-order valence-corrected chi connectivity index (χ2v) is 12.5. The first-order chi connectivity index (χ1) is 21.0. The molecule has 0 saturated carbocycles. The van der Waals surface area contributed by atoms with Crippen LogP contribution in [0.15, 0.2) is 108 Å². The van der Waals surface area contributed by atoms with E-state index >= 15 is 0 Å². The summed E-state index contributed by atoms with van der Waals surface area (Å²) in [5.74, 6) is -0.587. The molecule has 0 aromatic heterocycles. The minimum atomic E-state index is -4.25. The van der Waals surface area contributed by atoms with E-state index in [4.69, 9.17) is 4.74 Å². The highest BCUT2D eigenvalue weighted by molar-refractivity contribution is 7.92. The van der Waals surface area contributed by atoms with Gasteiger partial charge in [-0.05, 0) is 82.3 Å². The van der Waals surface area contributed by atoms with Gasteiger partial charge in [-0.15, -0.1) is 0 Å². The first kappa shape index (κ1) is 32.2. The van der Waals surface area contributed by atoms with Gasteiger partial charge < -0.3 is 15.0 Å². The number of halogens is 1. The fourth-order valence-electron chi connectivity index (χ4n) is 4.47. The molecule has 0 fully saturated rings. The SMILES string of the molecule is Cc1ccc(S(=O)(=O)N(CC(=O)N(Cc2ccccc2F)[C@H](C)C(=O)NC(C)C)c2ccc(Oc3ccccc3)cc2)cc1. The first-order valence-corrected chi connectivity index (χ1v) is 15.7. The van der Waals surface area contributed by atoms with E-state index in [0.717, 1.165) is 9.87 Å². The van der Waals surface area contributed by atoms with Crippen LogP contribution < -0.4 is 14.4 Å². The molecule has 0 heterocycles. The Morgan fingerprint density at radius 2 is 1.41 bits per heavy atom. The van der Waals surface area contributed by atoms with Crippen LogP contribution in [0.4, 0.5) is 10.1 Å². The van der Waals surface area contributed by atoms with Crippen LogP contribution in [0, 0.1) is 12.7 Å². The van der Waals surface area contributed by atoms with Crippen LogP contribution in [0.1, 0.15) is 31.9 Å². The van der Waals surface area contributed by atoms with Gasteiger partial charge in [-0.2, -0.15) is 0 Å². The number of sulfonamides is 1. The van der Waals surface area contributed by atoms with Crippen molar-refractivity contribution in [1.82, 2.24) is 10.2 Å². The molecule has 2 amide bonds. The fraction of sp³-hybridized carbons (Fsp3) is 0.235. The van der Waals surface area contributed by atoms with E-state index in [0.29, 0.717) is 11.5 Å². The monoisotopic (exact) mass is 617 g/mol. The van der Waals surface area contributed by atoms with E-state index in [-0.39, 0.29) is 28.7 Å². The summed E-state index contributed by atoms with van der Waals surface area (Å²) in [5, 5.41) is 2.78. The van der Waals surface area contributed by atoms with Crippen molar-refractivity contribution in [3.8, 4) is 11.5 Å². The standard InChI is InChI=1S/C34H36FN3O5S/c1-24(2)36-34(40)26(4)37(22-27-10-8-9-13-32(27)35)33(39)23-38(44(41,42)31-20-14-25(3)15-21-31)28-16-18-30(19-17-28)43-29-11-6-5-7-12-29/h5-21,24,26H,22-23H2,1-4H3,(H,36,40)/t26-/m1/s1. The summed E-state index contributed by atoms with van der Waals surface area (Å²) in [6.45, 7) is 6.07. The Labute approximate surface area is 258 Å². The number of amides is 2. The Morgan fingerprint density at radius 1 is 0.818 bits per heavy atom. The highest BCUT2D eigenvalue weighted by atomic mass is 32.2. The van der Waals surface area contributed by atoms with Crippen molar-refractivity contribution in [1.29, 1.82) is 0 Å². The van der Waals surface area contributed by atoms with E-state index in [1.807, 2.05) is 25.1 Å². The molecular weight excluding hydrogens is 581 g/mol. The van der Waals surface area contributed by atoms with Crippen molar-refractivity contribution >= 4 is 27.5 Å². The molecule has 0 spiro atoms. The Kier molecular flexibility index (Phi) is 10.4. The molecule has 10 heteroatoms. The lowest BCUT2D eigenvalue weighted by Gasteiger charge is -2.32. The van der Waals surface area contributed by atoms with Crippen LogP contribution in [0.2, 0.25) is 0 Å². The molecule has 0 saturated heterocycles. The van der Waals surface area contributed by atoms with Crippen molar-refractivity contribution in [2.45, 2.75) is 51.2 Å². The van der Waals surface area contributed by atoms with Gasteiger partial charge in [0.1, 0.15) is 29.9 Å². The Balaban J connectivity index is 1.71. The summed E-state index contributed by atoms with van der Waals surface area (Å²) in [6, 6.07) is 26.5. The molecule has 0 aliphatic carbocycles. The highest BCUT2D eigenvalue weighted by Crippen LogP contribution is 2.29. The van der Waals surface area contributed by atoms with Gasteiger partial charge in [-0.3, -0.25) is 13.9 Å². The zero-order valence-electron chi connectivity index (χ0n) is 25.1. The van der Waals surface area contributed by atoms with Gasteiger partial charge in [-0.25, -0.2) is 12.8 Å². The Bertz CT molecular complexity index is 1680. The quantitative estimate of drug-likeness (QED) is 0.208. The average molecular weight is 618 g/mol. The molecule has 44 heavy (non-hydrogen) atoms. The minimum Gasteiger partial charge on any atom is -0.457 e. The number of nitrogens with one attached hydrogen (secondary N) is 1. The first-order valence-electron chi connectivity index (χ1n) is 14.2. The van der Waals surface area contributed by atoms with Crippen LogP contribution in [-0.4, -0.2) is 43.8 Å². The number of benzene rings is 4. The third kappa shape index (κ3) is 8.02. The number of rotatable bonds is 12. The lowest BCUT2D eigenvalue weighted by Crippen LogP contribution is -2.52. The van der Waals surface area contributed by atoms with Gasteiger partial charge in [0.05, 0.1) is 10.6 Å². The molecule has 8 nitrogen and oxygen atoms in total. The number of carbonyl (C=O) groups is 2. The number of anilines is 1. The van der Waals surface area contributed by atoms with Crippen LogP contribution in [-0.2, 0) is 26.2 Å².